The van der Waals surface area contributed by atoms with E-state index < -0.39 is 51.8 Å². The zero-order valence-electron chi connectivity index (χ0n) is 18.9. The fourth-order valence-electron chi connectivity index (χ4n) is 5.27. The molecule has 1 aliphatic carbocycles. The van der Waals surface area contributed by atoms with Gasteiger partial charge in [-0.2, -0.15) is 13.2 Å². The van der Waals surface area contributed by atoms with Gasteiger partial charge in [-0.1, -0.05) is 13.8 Å². The molecule has 1 saturated carbocycles. The van der Waals surface area contributed by atoms with Crippen LogP contribution in [0.2, 0.25) is 0 Å². The standard InChI is InChI=1S/C24H23F6IN2O2/c1-3-32(4-2)15-5-12(6-15)11-33-19-10-14(31)9-16(24(28,29)30)20(19)23(35,22(33)34)21-17(26)7-13(25)8-18(21)27/h7-10,12,15,35H,3-6,11H2,1-2H3/t12-,15-,23?. The lowest BCUT2D eigenvalue weighted by atomic mass is 9.78. The molecule has 1 N–H and O–H groups in total. The highest BCUT2D eigenvalue weighted by molar-refractivity contribution is 14.1. The number of fused-ring (bicyclic) bond motifs is 1. The van der Waals surface area contributed by atoms with Crippen LogP contribution in [-0.4, -0.2) is 41.6 Å². The molecule has 1 atom stereocenters. The molecular formula is C24H23F6IN2O2. The number of carbonyl (C=O) groups excluding carboxylic acids is 1. The van der Waals surface area contributed by atoms with E-state index in [-0.39, 0.29) is 39.9 Å². The fourth-order valence-corrected chi connectivity index (χ4v) is 5.87. The van der Waals surface area contributed by atoms with Crippen LogP contribution in [0.1, 0.15) is 43.4 Å². The van der Waals surface area contributed by atoms with Gasteiger partial charge in [0.25, 0.3) is 5.91 Å². The Bertz CT molecular complexity index is 1140. The van der Waals surface area contributed by atoms with Crippen LogP contribution in [0.5, 0.6) is 0 Å². The highest BCUT2D eigenvalue weighted by atomic mass is 127. The summed E-state index contributed by atoms with van der Waals surface area (Å²) in [4.78, 5) is 16.8. The predicted octanol–water partition coefficient (Wildman–Crippen LogP) is 5.43. The van der Waals surface area contributed by atoms with Crippen molar-refractivity contribution in [1.29, 1.82) is 0 Å². The first-order valence-corrected chi connectivity index (χ1v) is 12.2. The summed E-state index contributed by atoms with van der Waals surface area (Å²) in [5.74, 6) is -6.00. The maximum Gasteiger partial charge on any atom is 0.416 e. The van der Waals surface area contributed by atoms with Crippen LogP contribution in [-0.2, 0) is 16.6 Å². The maximum atomic E-state index is 14.8. The molecule has 2 aromatic carbocycles. The molecule has 1 unspecified atom stereocenters. The molecule has 2 aliphatic rings. The SMILES string of the molecule is CCN(CC)[C@H]1C[C@H](CN2C(=O)C(O)(c3c(F)cc(F)cc3F)c3c2cc(I)cc3C(F)(F)F)C1. The van der Waals surface area contributed by atoms with Gasteiger partial charge in [0, 0.05) is 33.9 Å². The lowest BCUT2D eigenvalue weighted by molar-refractivity contribution is -0.142. The van der Waals surface area contributed by atoms with Crippen molar-refractivity contribution in [1.82, 2.24) is 4.90 Å². The van der Waals surface area contributed by atoms with Gasteiger partial charge in [-0.3, -0.25) is 4.79 Å². The number of aliphatic hydroxyl groups is 1. The molecular weight excluding hydrogens is 589 g/mol. The van der Waals surface area contributed by atoms with Crippen molar-refractivity contribution in [2.45, 2.75) is 44.5 Å². The predicted molar refractivity (Wildman–Crippen MR) is 125 cm³/mol. The summed E-state index contributed by atoms with van der Waals surface area (Å²) in [5, 5.41) is 11.5. The average Bonchev–Trinajstić information content (AvgIpc) is 2.92. The molecule has 35 heavy (non-hydrogen) atoms. The van der Waals surface area contributed by atoms with E-state index in [9.17, 15) is 36.2 Å². The summed E-state index contributed by atoms with van der Waals surface area (Å²) in [6.45, 7) is 5.67. The maximum absolute atomic E-state index is 14.8. The van der Waals surface area contributed by atoms with Gasteiger partial charge in [-0.15, -0.1) is 0 Å². The minimum atomic E-state index is -5.03. The molecule has 0 bridgehead atoms. The topological polar surface area (TPSA) is 43.8 Å². The first kappa shape index (κ1) is 26.2. The minimum Gasteiger partial charge on any atom is -0.371 e. The molecule has 1 amide bonds. The Hall–Kier alpha value is -1.86. The van der Waals surface area contributed by atoms with Crippen LogP contribution in [0.3, 0.4) is 0 Å². The van der Waals surface area contributed by atoms with E-state index in [4.69, 9.17) is 0 Å². The number of halogens is 7. The van der Waals surface area contributed by atoms with Gasteiger partial charge >= 0.3 is 6.18 Å². The van der Waals surface area contributed by atoms with Crippen molar-refractivity contribution in [3.63, 3.8) is 0 Å². The van der Waals surface area contributed by atoms with Crippen molar-refractivity contribution in [2.24, 2.45) is 5.92 Å². The monoisotopic (exact) mass is 612 g/mol. The molecule has 1 fully saturated rings. The van der Waals surface area contributed by atoms with E-state index in [2.05, 4.69) is 4.90 Å². The van der Waals surface area contributed by atoms with Gasteiger partial charge in [0.05, 0.1) is 16.8 Å². The van der Waals surface area contributed by atoms with Crippen LogP contribution in [0.4, 0.5) is 32.0 Å². The lowest BCUT2D eigenvalue weighted by Gasteiger charge is -2.43. The van der Waals surface area contributed by atoms with Crippen molar-refractivity contribution < 1.29 is 36.2 Å². The van der Waals surface area contributed by atoms with Gasteiger partial charge in [0.2, 0.25) is 5.60 Å². The molecule has 1 aliphatic heterocycles. The van der Waals surface area contributed by atoms with E-state index in [1.54, 1.807) is 22.6 Å². The quantitative estimate of drug-likeness (QED) is 0.350. The van der Waals surface area contributed by atoms with Crippen LogP contribution in [0.25, 0.3) is 0 Å². The fraction of sp³-hybridized carbons (Fsp3) is 0.458. The Labute approximate surface area is 212 Å². The van der Waals surface area contributed by atoms with Crippen LogP contribution >= 0.6 is 22.6 Å². The Morgan fingerprint density at radius 3 is 2.14 bits per heavy atom. The zero-order valence-corrected chi connectivity index (χ0v) is 21.1. The average molecular weight is 612 g/mol. The Kier molecular flexibility index (Phi) is 6.90. The first-order chi connectivity index (χ1) is 16.3. The molecule has 0 saturated heterocycles. The van der Waals surface area contributed by atoms with Crippen molar-refractivity contribution in [2.75, 3.05) is 24.5 Å². The molecule has 2 aromatic rings. The smallest absolute Gasteiger partial charge is 0.371 e. The van der Waals surface area contributed by atoms with Gasteiger partial charge in [-0.25, -0.2) is 13.2 Å². The molecule has 4 nitrogen and oxygen atoms in total. The van der Waals surface area contributed by atoms with E-state index in [1.165, 1.54) is 6.07 Å². The molecule has 0 spiro atoms. The summed E-state index contributed by atoms with van der Waals surface area (Å²) in [7, 11) is 0. The number of nitrogens with zero attached hydrogens (tertiary/aromatic N) is 2. The summed E-state index contributed by atoms with van der Waals surface area (Å²) in [6, 6.07) is 2.71. The lowest BCUT2D eigenvalue weighted by Crippen LogP contribution is -2.50. The third kappa shape index (κ3) is 4.33. The number of alkyl halides is 3. The van der Waals surface area contributed by atoms with E-state index in [0.717, 1.165) is 18.0 Å². The third-order valence-electron chi connectivity index (χ3n) is 6.94. The number of anilines is 1. The third-order valence-corrected chi connectivity index (χ3v) is 7.57. The van der Waals surface area contributed by atoms with Crippen molar-refractivity contribution in [3.8, 4) is 0 Å². The number of hydrogen-bond acceptors (Lipinski definition) is 3. The summed E-state index contributed by atoms with van der Waals surface area (Å²) in [6.07, 6.45) is -3.66. The minimum absolute atomic E-state index is 0.0201. The molecule has 0 aromatic heterocycles. The first-order valence-electron chi connectivity index (χ1n) is 11.2. The Morgan fingerprint density at radius 2 is 1.63 bits per heavy atom. The van der Waals surface area contributed by atoms with E-state index in [1.807, 2.05) is 13.8 Å². The molecule has 0 radical (unpaired) electrons. The van der Waals surface area contributed by atoms with Gasteiger partial charge in [0.1, 0.15) is 17.5 Å². The second kappa shape index (κ2) is 9.22. The Balaban J connectivity index is 1.84. The van der Waals surface area contributed by atoms with Crippen LogP contribution in [0, 0.1) is 26.9 Å². The Morgan fingerprint density at radius 1 is 1.06 bits per heavy atom. The summed E-state index contributed by atoms with van der Waals surface area (Å²) >= 11 is 1.65. The second-order valence-corrected chi connectivity index (χ2v) is 10.2. The van der Waals surface area contributed by atoms with E-state index in [0.29, 0.717) is 18.9 Å². The van der Waals surface area contributed by atoms with Gasteiger partial charge in [-0.05, 0) is 66.6 Å². The molecule has 4 rings (SSSR count). The summed E-state index contributed by atoms with van der Waals surface area (Å²) in [5.41, 5.74) is -7.22. The van der Waals surface area contributed by atoms with Gasteiger partial charge < -0.3 is 14.9 Å². The normalized spacial score (nSPS) is 24.2. The highest BCUT2D eigenvalue weighted by Crippen LogP contribution is 2.52. The molecule has 11 heteroatoms. The van der Waals surface area contributed by atoms with Crippen molar-refractivity contribution >= 4 is 34.2 Å². The number of amides is 1. The van der Waals surface area contributed by atoms with Gasteiger partial charge in [0.15, 0.2) is 0 Å². The number of hydrogen-bond donors (Lipinski definition) is 1. The number of carbonyl (C=O) groups is 1. The molecule has 190 valence electrons. The number of rotatable bonds is 6. The van der Waals surface area contributed by atoms with E-state index >= 15 is 0 Å². The largest absolute Gasteiger partial charge is 0.416 e. The van der Waals surface area contributed by atoms with Crippen LogP contribution in [0.15, 0.2) is 24.3 Å². The number of benzene rings is 2. The summed E-state index contributed by atoms with van der Waals surface area (Å²) < 4.78 is 85.4. The zero-order chi connectivity index (χ0) is 25.9. The van der Waals surface area contributed by atoms with Crippen molar-refractivity contribution in [3.05, 3.63) is 62.0 Å². The molecule has 1 heterocycles. The second-order valence-electron chi connectivity index (χ2n) is 8.93. The highest BCUT2D eigenvalue weighted by Gasteiger charge is 2.58. The van der Waals surface area contributed by atoms with Crippen LogP contribution < -0.4 is 4.90 Å².